The Kier molecular flexibility index (Phi) is 5.81. The molecule has 0 spiro atoms. The van der Waals surface area contributed by atoms with Gasteiger partial charge >= 0.3 is 6.18 Å². The molecule has 8 heteroatoms. The first-order valence-corrected chi connectivity index (χ1v) is 10.0. The van der Waals surface area contributed by atoms with E-state index in [2.05, 4.69) is 5.32 Å². The fourth-order valence-corrected chi connectivity index (χ4v) is 4.31. The van der Waals surface area contributed by atoms with E-state index in [9.17, 15) is 22.4 Å². The fourth-order valence-electron chi connectivity index (χ4n) is 4.31. The van der Waals surface area contributed by atoms with Crippen molar-refractivity contribution >= 4 is 5.91 Å². The Bertz CT molecular complexity index is 1130. The van der Waals surface area contributed by atoms with Crippen LogP contribution in [0.25, 0.3) is 0 Å². The van der Waals surface area contributed by atoms with Gasteiger partial charge in [0.1, 0.15) is 11.6 Å². The third-order valence-electron chi connectivity index (χ3n) is 5.70. The van der Waals surface area contributed by atoms with Gasteiger partial charge in [-0.25, -0.2) is 4.39 Å². The van der Waals surface area contributed by atoms with Crippen LogP contribution in [0.4, 0.5) is 17.6 Å². The summed E-state index contributed by atoms with van der Waals surface area (Å²) in [5, 5.41) is 2.73. The molecule has 4 nitrogen and oxygen atoms in total. The van der Waals surface area contributed by atoms with Crippen LogP contribution in [0.1, 0.15) is 42.0 Å². The van der Waals surface area contributed by atoms with Gasteiger partial charge in [-0.15, -0.1) is 0 Å². The van der Waals surface area contributed by atoms with Crippen molar-refractivity contribution in [2.24, 2.45) is 0 Å². The van der Waals surface area contributed by atoms with Crippen molar-refractivity contribution < 1.29 is 31.8 Å². The molecule has 2 aliphatic rings. The smallest absolute Gasteiger partial charge is 0.416 e. The lowest BCUT2D eigenvalue weighted by atomic mass is 9.86. The number of carbonyl (C=O) groups is 1. The molecule has 1 amide bonds. The molecule has 32 heavy (non-hydrogen) atoms. The van der Waals surface area contributed by atoms with Crippen molar-refractivity contribution in [3.63, 3.8) is 0 Å². The number of ether oxygens (including phenoxy) is 2. The molecule has 0 bridgehead atoms. The standard InChI is InChI=1S/C24H21F4NO3/c1-13-7-19(14(2)21(13)18-5-3-4-6-20(18)24(26,27)28)23(30)29-10-15-8-17(25)9-16-11-31-12-32-22(15)16/h3-9,21H,10-12H2,1-2H3,(H,29,30). The molecule has 0 saturated heterocycles. The van der Waals surface area contributed by atoms with Crippen molar-refractivity contribution in [1.29, 1.82) is 0 Å². The van der Waals surface area contributed by atoms with Crippen LogP contribution in [-0.4, -0.2) is 12.7 Å². The zero-order valence-corrected chi connectivity index (χ0v) is 17.5. The van der Waals surface area contributed by atoms with Gasteiger partial charge in [-0.05, 0) is 49.3 Å². The van der Waals surface area contributed by atoms with Gasteiger partial charge in [0.15, 0.2) is 6.79 Å². The molecule has 1 aliphatic carbocycles. The maximum absolute atomic E-state index is 13.9. The van der Waals surface area contributed by atoms with Crippen molar-refractivity contribution in [1.82, 2.24) is 5.32 Å². The fraction of sp³-hybridized carbons (Fsp3) is 0.292. The number of nitrogens with one attached hydrogen (secondary N) is 1. The zero-order chi connectivity index (χ0) is 23.0. The Labute approximate surface area is 182 Å². The lowest BCUT2D eigenvalue weighted by molar-refractivity contribution is -0.138. The predicted octanol–water partition coefficient (Wildman–Crippen LogP) is 5.39. The Hall–Kier alpha value is -3.13. The number of benzene rings is 2. The van der Waals surface area contributed by atoms with E-state index in [-0.39, 0.29) is 25.5 Å². The molecular weight excluding hydrogens is 426 g/mol. The number of hydrogen-bond donors (Lipinski definition) is 1. The number of hydrogen-bond acceptors (Lipinski definition) is 3. The minimum atomic E-state index is -4.50. The largest absolute Gasteiger partial charge is 0.467 e. The first kappa shape index (κ1) is 22.1. The normalized spacial score (nSPS) is 18.2. The summed E-state index contributed by atoms with van der Waals surface area (Å²) in [7, 11) is 0. The molecule has 2 aromatic rings. The van der Waals surface area contributed by atoms with Crippen molar-refractivity contribution in [3.8, 4) is 5.75 Å². The topological polar surface area (TPSA) is 47.6 Å². The van der Waals surface area contributed by atoms with Crippen molar-refractivity contribution in [3.05, 3.63) is 87.3 Å². The number of halogens is 4. The van der Waals surface area contributed by atoms with Gasteiger partial charge in [0, 0.05) is 29.2 Å². The summed E-state index contributed by atoms with van der Waals surface area (Å²) in [4.78, 5) is 12.9. The number of amides is 1. The van der Waals surface area contributed by atoms with Crippen LogP contribution in [-0.2, 0) is 28.9 Å². The van der Waals surface area contributed by atoms with E-state index in [1.165, 1.54) is 24.3 Å². The summed E-state index contributed by atoms with van der Waals surface area (Å²) in [5.41, 5.74) is 1.89. The van der Waals surface area contributed by atoms with Crippen molar-refractivity contribution in [2.45, 2.75) is 39.1 Å². The molecular formula is C24H21F4NO3. The van der Waals surface area contributed by atoms with Crippen LogP contribution in [0.15, 0.2) is 59.2 Å². The number of fused-ring (bicyclic) bond motifs is 1. The number of carbonyl (C=O) groups excluding carboxylic acids is 1. The molecule has 1 atom stereocenters. The molecule has 0 saturated carbocycles. The summed E-state index contributed by atoms with van der Waals surface area (Å²) < 4.78 is 65.1. The van der Waals surface area contributed by atoms with Crippen LogP contribution in [0.3, 0.4) is 0 Å². The molecule has 0 fully saturated rings. The second-order valence-corrected chi connectivity index (χ2v) is 7.85. The minimum Gasteiger partial charge on any atom is -0.467 e. The Morgan fingerprint density at radius 2 is 1.94 bits per heavy atom. The second kappa shape index (κ2) is 8.43. The van der Waals surface area contributed by atoms with Gasteiger partial charge in [0.25, 0.3) is 5.91 Å². The monoisotopic (exact) mass is 447 g/mol. The highest BCUT2D eigenvalue weighted by atomic mass is 19.4. The molecule has 1 N–H and O–H groups in total. The Morgan fingerprint density at radius 1 is 1.19 bits per heavy atom. The summed E-state index contributed by atoms with van der Waals surface area (Å²) >= 11 is 0. The third kappa shape index (κ3) is 4.14. The molecule has 1 aliphatic heterocycles. The predicted molar refractivity (Wildman–Crippen MR) is 109 cm³/mol. The highest BCUT2D eigenvalue weighted by molar-refractivity contribution is 5.98. The highest BCUT2D eigenvalue weighted by Crippen LogP contribution is 2.44. The van der Waals surface area contributed by atoms with E-state index in [1.807, 2.05) is 0 Å². The second-order valence-electron chi connectivity index (χ2n) is 7.85. The summed E-state index contributed by atoms with van der Waals surface area (Å²) in [6.45, 7) is 3.61. The maximum Gasteiger partial charge on any atom is 0.416 e. The summed E-state index contributed by atoms with van der Waals surface area (Å²) in [5.74, 6) is -1.09. The van der Waals surface area contributed by atoms with Crippen LogP contribution in [0.5, 0.6) is 5.75 Å². The van der Waals surface area contributed by atoms with Gasteiger partial charge in [0.2, 0.25) is 0 Å². The number of alkyl halides is 3. The van der Waals surface area contributed by atoms with Gasteiger partial charge < -0.3 is 14.8 Å². The Balaban J connectivity index is 1.59. The average molecular weight is 447 g/mol. The lowest BCUT2D eigenvalue weighted by Crippen LogP contribution is -2.25. The van der Waals surface area contributed by atoms with Crippen LogP contribution < -0.4 is 10.1 Å². The summed E-state index contributed by atoms with van der Waals surface area (Å²) in [6, 6.07) is 7.99. The first-order chi connectivity index (χ1) is 15.2. The van der Waals surface area contributed by atoms with E-state index in [4.69, 9.17) is 9.47 Å². The average Bonchev–Trinajstić information content (AvgIpc) is 3.05. The third-order valence-corrected chi connectivity index (χ3v) is 5.70. The highest BCUT2D eigenvalue weighted by Gasteiger charge is 2.37. The van der Waals surface area contributed by atoms with E-state index in [0.29, 0.717) is 33.6 Å². The SMILES string of the molecule is CC1=CC(C(=O)NCc2cc(F)cc3c2OCOC3)=C(C)C1c1ccccc1C(F)(F)F. The molecule has 0 aromatic heterocycles. The van der Waals surface area contributed by atoms with E-state index in [0.717, 1.165) is 6.07 Å². The number of rotatable bonds is 4. The first-order valence-electron chi connectivity index (χ1n) is 10.0. The number of allylic oxidation sites excluding steroid dienone is 2. The van der Waals surface area contributed by atoms with Gasteiger partial charge in [-0.1, -0.05) is 23.8 Å². The molecule has 0 radical (unpaired) electrons. The Morgan fingerprint density at radius 3 is 2.69 bits per heavy atom. The van der Waals surface area contributed by atoms with Gasteiger partial charge in [-0.2, -0.15) is 13.2 Å². The van der Waals surface area contributed by atoms with Crippen LogP contribution in [0, 0.1) is 5.82 Å². The molecule has 1 unspecified atom stereocenters. The molecule has 4 rings (SSSR count). The van der Waals surface area contributed by atoms with Crippen molar-refractivity contribution in [2.75, 3.05) is 6.79 Å². The molecule has 168 valence electrons. The zero-order valence-electron chi connectivity index (χ0n) is 17.5. The van der Waals surface area contributed by atoms with E-state index in [1.54, 1.807) is 26.0 Å². The van der Waals surface area contributed by atoms with Gasteiger partial charge in [-0.3, -0.25) is 4.79 Å². The molecule has 2 aromatic carbocycles. The maximum atomic E-state index is 13.9. The quantitative estimate of drug-likeness (QED) is 0.640. The van der Waals surface area contributed by atoms with Gasteiger partial charge in [0.05, 0.1) is 12.2 Å². The molecule has 1 heterocycles. The van der Waals surface area contributed by atoms with Crippen LogP contribution >= 0.6 is 0 Å². The van der Waals surface area contributed by atoms with Crippen LogP contribution in [0.2, 0.25) is 0 Å². The minimum absolute atomic E-state index is 0.00635. The van der Waals surface area contributed by atoms with E-state index < -0.39 is 29.4 Å². The van der Waals surface area contributed by atoms with E-state index >= 15 is 0 Å². The summed E-state index contributed by atoms with van der Waals surface area (Å²) in [6.07, 6.45) is -2.89. The lowest BCUT2D eigenvalue weighted by Gasteiger charge is -2.21.